The molecule has 22 heavy (non-hydrogen) atoms. The first-order valence-electron chi connectivity index (χ1n) is 7.45. The Balaban J connectivity index is 1.68. The molecule has 0 aromatic heterocycles. The summed E-state index contributed by atoms with van der Waals surface area (Å²) in [5, 5.41) is 8.42. The summed E-state index contributed by atoms with van der Waals surface area (Å²) in [6.45, 7) is 4.79. The van der Waals surface area contributed by atoms with Crippen LogP contribution in [0.2, 0.25) is 0 Å². The molecule has 0 fully saturated rings. The summed E-state index contributed by atoms with van der Waals surface area (Å²) in [6, 6.07) is 14.6. The van der Waals surface area contributed by atoms with Gasteiger partial charge in [0.1, 0.15) is 0 Å². The SMILES string of the molecule is Cc1ccccc1C1=NC(c2ccc3c(c2)N=NC3C)=NC1. The molecule has 2 heterocycles. The quantitative estimate of drug-likeness (QED) is 0.786. The molecular formula is C18H16N4. The van der Waals surface area contributed by atoms with Gasteiger partial charge >= 0.3 is 0 Å². The van der Waals surface area contributed by atoms with Gasteiger partial charge in [0, 0.05) is 16.7 Å². The second-order valence-electron chi connectivity index (χ2n) is 5.68. The molecule has 0 bridgehead atoms. The second-order valence-corrected chi connectivity index (χ2v) is 5.68. The smallest absolute Gasteiger partial charge is 0.155 e. The van der Waals surface area contributed by atoms with E-state index in [1.807, 2.05) is 18.2 Å². The summed E-state index contributed by atoms with van der Waals surface area (Å²) in [7, 11) is 0. The first kappa shape index (κ1) is 13.1. The third kappa shape index (κ3) is 2.08. The minimum absolute atomic E-state index is 0.153. The maximum Gasteiger partial charge on any atom is 0.155 e. The summed E-state index contributed by atoms with van der Waals surface area (Å²) in [5.41, 5.74) is 6.56. The van der Waals surface area contributed by atoms with Crippen molar-refractivity contribution < 1.29 is 0 Å². The summed E-state index contributed by atoms with van der Waals surface area (Å²) < 4.78 is 0. The maximum absolute atomic E-state index is 4.73. The van der Waals surface area contributed by atoms with E-state index in [1.54, 1.807) is 0 Å². The van der Waals surface area contributed by atoms with E-state index in [0.29, 0.717) is 6.54 Å². The largest absolute Gasteiger partial charge is 0.260 e. The molecule has 0 amide bonds. The Hall–Kier alpha value is -2.62. The fraction of sp³-hybridized carbons (Fsp3) is 0.222. The number of aliphatic imine (C=N–C) groups is 2. The van der Waals surface area contributed by atoms with Gasteiger partial charge in [-0.1, -0.05) is 36.4 Å². The van der Waals surface area contributed by atoms with E-state index in [2.05, 4.69) is 53.3 Å². The highest BCUT2D eigenvalue weighted by molar-refractivity contribution is 6.17. The van der Waals surface area contributed by atoms with Crippen LogP contribution in [-0.4, -0.2) is 18.1 Å². The van der Waals surface area contributed by atoms with Crippen molar-refractivity contribution in [3.63, 3.8) is 0 Å². The molecule has 0 N–H and O–H groups in total. The van der Waals surface area contributed by atoms with E-state index in [4.69, 9.17) is 4.99 Å². The molecule has 108 valence electrons. The molecule has 2 aromatic carbocycles. The lowest BCUT2D eigenvalue weighted by Crippen LogP contribution is -2.04. The molecule has 0 saturated heterocycles. The molecule has 4 heteroatoms. The average molecular weight is 288 g/mol. The number of benzene rings is 2. The van der Waals surface area contributed by atoms with Crippen molar-refractivity contribution in [3.05, 3.63) is 64.7 Å². The van der Waals surface area contributed by atoms with Crippen LogP contribution in [0.5, 0.6) is 0 Å². The Morgan fingerprint density at radius 3 is 2.82 bits per heavy atom. The molecule has 0 saturated carbocycles. The molecule has 4 nitrogen and oxygen atoms in total. The standard InChI is InChI=1S/C18H16N4/c1-11-5-3-4-6-14(11)17-10-19-18(20-17)13-7-8-15-12(2)21-22-16(15)9-13/h3-9,12H,10H2,1-2H3. The van der Waals surface area contributed by atoms with Crippen molar-refractivity contribution in [2.24, 2.45) is 20.2 Å². The summed E-state index contributed by atoms with van der Waals surface area (Å²) >= 11 is 0. The third-order valence-corrected chi connectivity index (χ3v) is 4.15. The minimum Gasteiger partial charge on any atom is -0.260 e. The molecule has 0 spiro atoms. The van der Waals surface area contributed by atoms with Gasteiger partial charge in [0.25, 0.3) is 0 Å². The normalized spacial score (nSPS) is 19.1. The van der Waals surface area contributed by atoms with Crippen LogP contribution >= 0.6 is 0 Å². The maximum atomic E-state index is 4.73. The third-order valence-electron chi connectivity index (χ3n) is 4.15. The Labute approximate surface area is 129 Å². The summed E-state index contributed by atoms with van der Waals surface area (Å²) in [6.07, 6.45) is 0. The number of azo groups is 1. The van der Waals surface area contributed by atoms with E-state index in [1.165, 1.54) is 16.7 Å². The molecule has 2 aliphatic heterocycles. The molecular weight excluding hydrogens is 272 g/mol. The van der Waals surface area contributed by atoms with Gasteiger partial charge in [-0.05, 0) is 25.5 Å². The first-order valence-corrected chi connectivity index (χ1v) is 7.45. The van der Waals surface area contributed by atoms with Crippen LogP contribution in [0.25, 0.3) is 0 Å². The monoisotopic (exact) mass is 288 g/mol. The fourth-order valence-corrected chi connectivity index (χ4v) is 2.88. The lowest BCUT2D eigenvalue weighted by Gasteiger charge is -2.04. The summed E-state index contributed by atoms with van der Waals surface area (Å²) in [5.74, 6) is 0.788. The van der Waals surface area contributed by atoms with Gasteiger partial charge in [0.2, 0.25) is 0 Å². The van der Waals surface area contributed by atoms with Crippen LogP contribution in [0.3, 0.4) is 0 Å². The van der Waals surface area contributed by atoms with Crippen molar-refractivity contribution in [3.8, 4) is 0 Å². The van der Waals surface area contributed by atoms with Gasteiger partial charge in [0.15, 0.2) is 5.84 Å². The van der Waals surface area contributed by atoms with Gasteiger partial charge < -0.3 is 0 Å². The number of rotatable bonds is 2. The zero-order valence-corrected chi connectivity index (χ0v) is 12.6. The highest BCUT2D eigenvalue weighted by atomic mass is 15.2. The highest BCUT2D eigenvalue weighted by Gasteiger charge is 2.19. The van der Waals surface area contributed by atoms with E-state index >= 15 is 0 Å². The Morgan fingerprint density at radius 2 is 1.95 bits per heavy atom. The Morgan fingerprint density at radius 1 is 1.09 bits per heavy atom. The topological polar surface area (TPSA) is 49.4 Å². The molecule has 0 aliphatic carbocycles. The molecule has 2 aromatic rings. The van der Waals surface area contributed by atoms with E-state index in [9.17, 15) is 0 Å². The zero-order chi connectivity index (χ0) is 15.1. The van der Waals surface area contributed by atoms with Crippen molar-refractivity contribution in [1.82, 2.24) is 0 Å². The minimum atomic E-state index is 0.153. The lowest BCUT2D eigenvalue weighted by atomic mass is 10.0. The number of hydrogen-bond donors (Lipinski definition) is 0. The average Bonchev–Trinajstić information content (AvgIpc) is 3.15. The molecule has 2 aliphatic rings. The van der Waals surface area contributed by atoms with Crippen LogP contribution in [0.4, 0.5) is 5.69 Å². The molecule has 0 radical (unpaired) electrons. The lowest BCUT2D eigenvalue weighted by molar-refractivity contribution is 0.811. The number of hydrogen-bond acceptors (Lipinski definition) is 4. The first-order chi connectivity index (χ1) is 10.7. The summed E-state index contributed by atoms with van der Waals surface area (Å²) in [4.78, 5) is 9.32. The van der Waals surface area contributed by atoms with Crippen molar-refractivity contribution in [2.45, 2.75) is 19.9 Å². The highest BCUT2D eigenvalue weighted by Crippen LogP contribution is 2.36. The predicted molar refractivity (Wildman–Crippen MR) is 88.5 cm³/mol. The van der Waals surface area contributed by atoms with Crippen LogP contribution in [0, 0.1) is 6.92 Å². The molecule has 1 unspecified atom stereocenters. The van der Waals surface area contributed by atoms with Gasteiger partial charge in [0.05, 0.1) is 24.0 Å². The van der Waals surface area contributed by atoms with E-state index < -0.39 is 0 Å². The fourth-order valence-electron chi connectivity index (χ4n) is 2.88. The molecule has 4 rings (SSSR count). The van der Waals surface area contributed by atoms with Crippen molar-refractivity contribution >= 4 is 17.2 Å². The predicted octanol–water partition coefficient (Wildman–Crippen LogP) is 4.40. The Kier molecular flexibility index (Phi) is 2.96. The van der Waals surface area contributed by atoms with Crippen molar-refractivity contribution in [2.75, 3.05) is 6.54 Å². The number of amidine groups is 1. The number of fused-ring (bicyclic) bond motifs is 1. The van der Waals surface area contributed by atoms with Crippen LogP contribution in [0.1, 0.15) is 35.2 Å². The van der Waals surface area contributed by atoms with Gasteiger partial charge in [-0.25, -0.2) is 4.99 Å². The molecule has 1 atom stereocenters. The van der Waals surface area contributed by atoms with Gasteiger partial charge in [-0.2, -0.15) is 10.2 Å². The van der Waals surface area contributed by atoms with Crippen molar-refractivity contribution in [1.29, 1.82) is 0 Å². The van der Waals surface area contributed by atoms with E-state index in [0.717, 1.165) is 22.8 Å². The number of nitrogens with zero attached hydrogens (tertiary/aromatic N) is 4. The number of aryl methyl sites for hydroxylation is 1. The Bertz CT molecular complexity index is 846. The second kappa shape index (κ2) is 4.98. The van der Waals surface area contributed by atoms with Gasteiger partial charge in [-0.3, -0.25) is 4.99 Å². The van der Waals surface area contributed by atoms with Crippen LogP contribution in [0.15, 0.2) is 62.7 Å². The van der Waals surface area contributed by atoms with E-state index in [-0.39, 0.29) is 6.04 Å². The van der Waals surface area contributed by atoms with Crippen LogP contribution in [-0.2, 0) is 0 Å². The van der Waals surface area contributed by atoms with Gasteiger partial charge in [-0.15, -0.1) is 0 Å². The zero-order valence-electron chi connectivity index (χ0n) is 12.6. The van der Waals surface area contributed by atoms with Crippen LogP contribution < -0.4 is 0 Å².